The van der Waals surface area contributed by atoms with Gasteiger partial charge in [0.05, 0.1) is 0 Å². The minimum Gasteiger partial charge on any atom is -0.466 e. The van der Waals surface area contributed by atoms with Crippen LogP contribution in [-0.2, 0) is 0 Å². The fourth-order valence-corrected chi connectivity index (χ4v) is 4.91. The van der Waals surface area contributed by atoms with Crippen LogP contribution in [0.3, 0.4) is 0 Å². The maximum absolute atomic E-state index is 5.21. The lowest BCUT2D eigenvalue weighted by molar-refractivity contribution is 0.502. The van der Waals surface area contributed by atoms with Crippen molar-refractivity contribution in [2.45, 2.75) is 83.1 Å². The van der Waals surface area contributed by atoms with Gasteiger partial charge in [-0.1, -0.05) is 0 Å². The number of hydrogen-bond acceptors (Lipinski definition) is 4. The molecule has 0 aromatic carbocycles. The van der Waals surface area contributed by atoms with Gasteiger partial charge in [-0.3, -0.25) is 0 Å². The first-order valence-electron chi connectivity index (χ1n) is 10.9. The summed E-state index contributed by atoms with van der Waals surface area (Å²) in [5.41, 5.74) is 5.32. The molecule has 0 aliphatic heterocycles. The van der Waals surface area contributed by atoms with Crippen LogP contribution in [0.5, 0.6) is 0 Å². The summed E-state index contributed by atoms with van der Waals surface area (Å²) in [5.74, 6) is 4.06. The summed E-state index contributed by atoms with van der Waals surface area (Å²) in [5, 5.41) is 0. The number of rotatable bonds is 0. The quantitative estimate of drug-likeness (QED) is 0.254. The molecular weight excluding hydrogens is 432 g/mol. The van der Waals surface area contributed by atoms with Gasteiger partial charge in [-0.25, -0.2) is 0 Å². The summed E-state index contributed by atoms with van der Waals surface area (Å²) in [4.78, 5) is 5.73. The fraction of sp³-hybridized carbons (Fsp3) is 0.429. The molecule has 0 aliphatic carbocycles. The lowest BCUT2D eigenvalue weighted by atomic mass is 10.3. The third kappa shape index (κ3) is 9.62. The molecule has 0 saturated heterocycles. The smallest absolute Gasteiger partial charge is 0.103 e. The molecule has 4 heterocycles. The Kier molecular flexibility index (Phi) is 11.2. The second-order valence-corrected chi connectivity index (χ2v) is 11.3. The van der Waals surface area contributed by atoms with Crippen molar-refractivity contribution in [3.8, 4) is 0 Å². The van der Waals surface area contributed by atoms with E-state index < -0.39 is 0 Å². The van der Waals surface area contributed by atoms with E-state index >= 15 is 0 Å². The SMILES string of the molecule is Cc1cc(C)c(C)o1.Cc1cc(C)c(C)o1.Cc1cc(C)c(C)s1.Cc1cc(C)c(C)s1. The predicted molar refractivity (Wildman–Crippen MR) is 143 cm³/mol. The molecule has 4 rings (SSSR count). The van der Waals surface area contributed by atoms with Gasteiger partial charge in [0.1, 0.15) is 23.0 Å². The Hall–Kier alpha value is -2.04. The lowest BCUT2D eigenvalue weighted by Crippen LogP contribution is -1.63. The molecule has 0 fully saturated rings. The molecule has 2 nitrogen and oxygen atoms in total. The van der Waals surface area contributed by atoms with Crippen LogP contribution in [0.1, 0.15) is 64.8 Å². The van der Waals surface area contributed by atoms with Gasteiger partial charge in [0.25, 0.3) is 0 Å². The van der Waals surface area contributed by atoms with Crippen molar-refractivity contribution < 1.29 is 8.83 Å². The fourth-order valence-electron chi connectivity index (χ4n) is 3.03. The van der Waals surface area contributed by atoms with Crippen molar-refractivity contribution in [1.29, 1.82) is 0 Å². The Morgan fingerprint density at radius 3 is 0.812 bits per heavy atom. The van der Waals surface area contributed by atoms with Crippen LogP contribution < -0.4 is 0 Å². The molecule has 0 radical (unpaired) electrons. The highest BCUT2D eigenvalue weighted by Gasteiger charge is 1.97. The van der Waals surface area contributed by atoms with Crippen LogP contribution in [0.25, 0.3) is 0 Å². The monoisotopic (exact) mass is 472 g/mol. The first kappa shape index (κ1) is 28.0. The summed E-state index contributed by atoms with van der Waals surface area (Å²) in [7, 11) is 0. The minimum absolute atomic E-state index is 1.00. The number of thiophene rings is 2. The van der Waals surface area contributed by atoms with E-state index in [9.17, 15) is 0 Å². The van der Waals surface area contributed by atoms with E-state index in [1.165, 1.54) is 41.8 Å². The second-order valence-electron chi connectivity index (χ2n) is 8.38. The van der Waals surface area contributed by atoms with E-state index in [1.807, 2.05) is 76.3 Å². The normalized spacial score (nSPS) is 9.88. The Bertz CT molecular complexity index is 848. The highest BCUT2D eigenvalue weighted by Crippen LogP contribution is 2.19. The van der Waals surface area contributed by atoms with Crippen molar-refractivity contribution >= 4 is 22.7 Å². The minimum atomic E-state index is 1.00. The van der Waals surface area contributed by atoms with Gasteiger partial charge in [0.2, 0.25) is 0 Å². The average molecular weight is 473 g/mol. The van der Waals surface area contributed by atoms with Gasteiger partial charge < -0.3 is 8.83 Å². The van der Waals surface area contributed by atoms with E-state index in [2.05, 4.69) is 53.7 Å². The van der Waals surface area contributed by atoms with Gasteiger partial charge in [-0.05, 0) is 130 Å². The Balaban J connectivity index is 0.000000213. The summed E-state index contributed by atoms with van der Waals surface area (Å²) < 4.78 is 10.4. The van der Waals surface area contributed by atoms with Gasteiger partial charge in [-0.15, -0.1) is 22.7 Å². The maximum Gasteiger partial charge on any atom is 0.103 e. The molecular formula is C28H40O2S2. The molecule has 0 aliphatic rings. The maximum atomic E-state index is 5.21. The van der Waals surface area contributed by atoms with Crippen LogP contribution in [0.2, 0.25) is 0 Å². The summed E-state index contributed by atoms with van der Waals surface area (Å²) >= 11 is 3.74. The van der Waals surface area contributed by atoms with Crippen LogP contribution in [0.4, 0.5) is 0 Å². The standard InChI is InChI=1S/2C7H10O.2C7H10S/c4*1-5-4-6(2)8-7(5)3/h4*4H,1-3H3. The van der Waals surface area contributed by atoms with Crippen molar-refractivity contribution in [3.63, 3.8) is 0 Å². The number of aryl methyl sites for hydroxylation is 12. The van der Waals surface area contributed by atoms with Crippen LogP contribution in [0.15, 0.2) is 33.1 Å². The van der Waals surface area contributed by atoms with Crippen molar-refractivity contribution in [2.75, 3.05) is 0 Å². The largest absolute Gasteiger partial charge is 0.466 e. The van der Waals surface area contributed by atoms with E-state index in [0.717, 1.165) is 23.0 Å². The summed E-state index contributed by atoms with van der Waals surface area (Å²) in [6.45, 7) is 24.9. The van der Waals surface area contributed by atoms with E-state index in [0.29, 0.717) is 0 Å². The Morgan fingerprint density at radius 2 is 0.750 bits per heavy atom. The van der Waals surface area contributed by atoms with E-state index in [-0.39, 0.29) is 0 Å². The van der Waals surface area contributed by atoms with Gasteiger partial charge in [0.15, 0.2) is 0 Å². The molecule has 0 bridgehead atoms. The van der Waals surface area contributed by atoms with Crippen LogP contribution >= 0.6 is 22.7 Å². The third-order valence-electron chi connectivity index (χ3n) is 5.16. The van der Waals surface area contributed by atoms with Gasteiger partial charge in [0, 0.05) is 19.5 Å². The molecule has 0 saturated carbocycles. The third-order valence-corrected chi connectivity index (χ3v) is 7.29. The molecule has 0 unspecified atom stereocenters. The summed E-state index contributed by atoms with van der Waals surface area (Å²) in [6, 6.07) is 8.52. The molecule has 0 N–H and O–H groups in total. The van der Waals surface area contributed by atoms with Crippen molar-refractivity contribution in [1.82, 2.24) is 0 Å². The highest BCUT2D eigenvalue weighted by molar-refractivity contribution is 7.12. The molecule has 4 heteroatoms. The zero-order chi connectivity index (χ0) is 24.6. The zero-order valence-corrected chi connectivity index (χ0v) is 23.6. The predicted octanol–water partition coefficient (Wildman–Crippen LogP) is 9.76. The Morgan fingerprint density at radius 1 is 0.438 bits per heavy atom. The lowest BCUT2D eigenvalue weighted by Gasteiger charge is -1.80. The van der Waals surface area contributed by atoms with Crippen LogP contribution in [0, 0.1) is 83.1 Å². The average Bonchev–Trinajstić information content (AvgIpc) is 3.32. The van der Waals surface area contributed by atoms with E-state index in [1.54, 1.807) is 0 Å². The molecule has 0 atom stereocenters. The van der Waals surface area contributed by atoms with Crippen molar-refractivity contribution in [3.05, 3.63) is 89.1 Å². The second kappa shape index (κ2) is 12.9. The molecule has 32 heavy (non-hydrogen) atoms. The molecule has 0 amide bonds. The molecule has 176 valence electrons. The topological polar surface area (TPSA) is 26.3 Å². The van der Waals surface area contributed by atoms with Gasteiger partial charge in [-0.2, -0.15) is 0 Å². The Labute approximate surface area is 203 Å². The molecule has 0 spiro atoms. The highest BCUT2D eigenvalue weighted by atomic mass is 32.1. The molecule has 4 aromatic heterocycles. The molecule has 4 aromatic rings. The van der Waals surface area contributed by atoms with Crippen LogP contribution in [-0.4, -0.2) is 0 Å². The first-order valence-corrected chi connectivity index (χ1v) is 12.6. The summed E-state index contributed by atoms with van der Waals surface area (Å²) in [6.07, 6.45) is 0. The van der Waals surface area contributed by atoms with E-state index in [4.69, 9.17) is 8.83 Å². The van der Waals surface area contributed by atoms with Crippen molar-refractivity contribution in [2.24, 2.45) is 0 Å². The number of furan rings is 2. The number of hydrogen-bond donors (Lipinski definition) is 0. The zero-order valence-electron chi connectivity index (χ0n) is 21.9. The van der Waals surface area contributed by atoms with Gasteiger partial charge >= 0.3 is 0 Å². The first-order chi connectivity index (χ1) is 14.8.